The van der Waals surface area contributed by atoms with Crippen molar-refractivity contribution in [2.75, 3.05) is 0 Å². The third kappa shape index (κ3) is 1.75. The number of hydrogen-bond acceptors (Lipinski definition) is 3. The van der Waals surface area contributed by atoms with Crippen molar-refractivity contribution in [3.05, 3.63) is 42.9 Å². The number of H-pyrrole nitrogens is 1. The lowest BCUT2D eigenvalue weighted by molar-refractivity contribution is 1.20. The summed E-state index contributed by atoms with van der Waals surface area (Å²) in [5.74, 6) is 0.825. The number of hydrogen-bond donors (Lipinski definition) is 1. The van der Waals surface area contributed by atoms with Gasteiger partial charge >= 0.3 is 0 Å². The summed E-state index contributed by atoms with van der Waals surface area (Å²) in [6.07, 6.45) is 3.22. The van der Waals surface area contributed by atoms with Gasteiger partial charge in [0.05, 0.1) is 6.20 Å². The van der Waals surface area contributed by atoms with E-state index in [0.29, 0.717) is 5.65 Å². The van der Waals surface area contributed by atoms with E-state index in [1.165, 1.54) is 6.33 Å². The predicted octanol–water partition coefficient (Wildman–Crippen LogP) is 2.44. The fourth-order valence-electron chi connectivity index (χ4n) is 1.49. The topological polar surface area (TPSA) is 54.5 Å². The fraction of sp³-hybridized carbons (Fsp3) is 0. The van der Waals surface area contributed by atoms with Gasteiger partial charge in [-0.15, -0.1) is 12.4 Å². The summed E-state index contributed by atoms with van der Waals surface area (Å²) >= 11 is 0. The summed E-state index contributed by atoms with van der Waals surface area (Å²) in [5.41, 5.74) is 2.61. The molecule has 2 aromatic heterocycles. The second-order valence-corrected chi connectivity index (χ2v) is 3.21. The van der Waals surface area contributed by atoms with Crippen molar-refractivity contribution in [3.8, 4) is 11.4 Å². The molecule has 16 heavy (non-hydrogen) atoms. The SMILES string of the molecule is Cl.c1ccc(-c2nc3ncncc3[nH]2)cc1. The van der Waals surface area contributed by atoms with E-state index in [1.807, 2.05) is 30.3 Å². The minimum atomic E-state index is 0. The average molecular weight is 233 g/mol. The molecule has 1 N–H and O–H groups in total. The molecule has 0 radical (unpaired) electrons. The van der Waals surface area contributed by atoms with E-state index < -0.39 is 0 Å². The van der Waals surface area contributed by atoms with E-state index in [1.54, 1.807) is 6.20 Å². The zero-order valence-corrected chi connectivity index (χ0v) is 9.11. The third-order valence-corrected chi connectivity index (χ3v) is 2.21. The molecule has 5 heteroatoms. The van der Waals surface area contributed by atoms with E-state index in [2.05, 4.69) is 19.9 Å². The summed E-state index contributed by atoms with van der Waals surface area (Å²) < 4.78 is 0. The van der Waals surface area contributed by atoms with Crippen molar-refractivity contribution >= 4 is 23.6 Å². The zero-order chi connectivity index (χ0) is 10.1. The van der Waals surface area contributed by atoms with Crippen LogP contribution < -0.4 is 0 Å². The van der Waals surface area contributed by atoms with Gasteiger partial charge in [-0.1, -0.05) is 30.3 Å². The first-order valence-electron chi connectivity index (χ1n) is 4.64. The lowest BCUT2D eigenvalue weighted by Crippen LogP contribution is -1.78. The molecule has 0 spiro atoms. The lowest BCUT2D eigenvalue weighted by Gasteiger charge is -1.92. The van der Waals surface area contributed by atoms with Crippen molar-refractivity contribution in [1.29, 1.82) is 0 Å². The highest BCUT2D eigenvalue weighted by Gasteiger charge is 2.04. The smallest absolute Gasteiger partial charge is 0.181 e. The maximum Gasteiger partial charge on any atom is 0.181 e. The Balaban J connectivity index is 0.000000963. The number of nitrogens with one attached hydrogen (secondary N) is 1. The Hall–Kier alpha value is -1.94. The molecule has 0 amide bonds. The molecular formula is C11H9ClN4. The minimum absolute atomic E-state index is 0. The van der Waals surface area contributed by atoms with Crippen LogP contribution in [0.1, 0.15) is 0 Å². The number of halogens is 1. The van der Waals surface area contributed by atoms with Crippen molar-refractivity contribution in [3.63, 3.8) is 0 Å². The van der Waals surface area contributed by atoms with Crippen LogP contribution >= 0.6 is 12.4 Å². The Bertz CT molecular complexity index is 558. The van der Waals surface area contributed by atoms with Crippen LogP contribution in [0, 0.1) is 0 Å². The molecule has 0 aliphatic rings. The van der Waals surface area contributed by atoms with Crippen LogP contribution in [0.2, 0.25) is 0 Å². The van der Waals surface area contributed by atoms with Gasteiger partial charge in [-0.25, -0.2) is 15.0 Å². The Morgan fingerprint density at radius 3 is 2.62 bits per heavy atom. The Morgan fingerprint density at radius 1 is 1.06 bits per heavy atom. The Morgan fingerprint density at radius 2 is 1.88 bits per heavy atom. The van der Waals surface area contributed by atoms with Gasteiger partial charge in [0.15, 0.2) is 5.65 Å². The fourth-order valence-corrected chi connectivity index (χ4v) is 1.49. The van der Waals surface area contributed by atoms with Crippen LogP contribution in [0.3, 0.4) is 0 Å². The quantitative estimate of drug-likeness (QED) is 0.701. The minimum Gasteiger partial charge on any atom is -0.335 e. The largest absolute Gasteiger partial charge is 0.335 e. The summed E-state index contributed by atoms with van der Waals surface area (Å²) in [6.45, 7) is 0. The molecule has 0 unspecified atom stereocenters. The second kappa shape index (κ2) is 4.28. The summed E-state index contributed by atoms with van der Waals surface area (Å²) in [4.78, 5) is 15.6. The standard InChI is InChI=1S/C11H8N4.ClH/c1-2-4-8(5-3-1)10-14-9-6-12-7-13-11(9)15-10;/h1-7H,(H,12,13,14,15);1H. The Labute approximate surface area is 98.2 Å². The molecule has 2 heterocycles. The number of benzene rings is 1. The lowest BCUT2D eigenvalue weighted by atomic mass is 10.2. The zero-order valence-electron chi connectivity index (χ0n) is 8.29. The number of imidazole rings is 1. The van der Waals surface area contributed by atoms with Crippen molar-refractivity contribution in [1.82, 2.24) is 19.9 Å². The van der Waals surface area contributed by atoms with Gasteiger partial charge in [-0.3, -0.25) is 0 Å². The summed E-state index contributed by atoms with van der Waals surface area (Å²) in [6, 6.07) is 9.95. The first kappa shape index (κ1) is 10.6. The van der Waals surface area contributed by atoms with E-state index in [-0.39, 0.29) is 12.4 Å². The van der Waals surface area contributed by atoms with Crippen LogP contribution in [0.4, 0.5) is 0 Å². The van der Waals surface area contributed by atoms with Crippen LogP contribution in [0.25, 0.3) is 22.6 Å². The van der Waals surface area contributed by atoms with Crippen LogP contribution in [-0.2, 0) is 0 Å². The van der Waals surface area contributed by atoms with Crippen molar-refractivity contribution in [2.45, 2.75) is 0 Å². The van der Waals surface area contributed by atoms with E-state index >= 15 is 0 Å². The molecule has 0 aliphatic carbocycles. The number of fused-ring (bicyclic) bond motifs is 1. The summed E-state index contributed by atoms with van der Waals surface area (Å²) in [7, 11) is 0. The van der Waals surface area contributed by atoms with Gasteiger partial charge in [0.2, 0.25) is 0 Å². The highest BCUT2D eigenvalue weighted by Crippen LogP contribution is 2.17. The second-order valence-electron chi connectivity index (χ2n) is 3.21. The first-order chi connectivity index (χ1) is 7.43. The van der Waals surface area contributed by atoms with E-state index in [4.69, 9.17) is 0 Å². The molecule has 3 rings (SSSR count). The molecule has 0 atom stereocenters. The van der Waals surface area contributed by atoms with Crippen LogP contribution in [0.5, 0.6) is 0 Å². The summed E-state index contributed by atoms with van der Waals surface area (Å²) in [5, 5.41) is 0. The molecule has 4 nitrogen and oxygen atoms in total. The highest BCUT2D eigenvalue weighted by atomic mass is 35.5. The molecule has 0 saturated heterocycles. The van der Waals surface area contributed by atoms with E-state index in [0.717, 1.165) is 16.9 Å². The monoisotopic (exact) mass is 232 g/mol. The predicted molar refractivity (Wildman–Crippen MR) is 64.4 cm³/mol. The molecule has 1 aromatic carbocycles. The maximum absolute atomic E-state index is 4.38. The normalized spacial score (nSPS) is 10.0. The third-order valence-electron chi connectivity index (χ3n) is 2.21. The average Bonchev–Trinajstić information content (AvgIpc) is 2.74. The van der Waals surface area contributed by atoms with Gasteiger partial charge < -0.3 is 4.98 Å². The van der Waals surface area contributed by atoms with Crippen LogP contribution in [-0.4, -0.2) is 19.9 Å². The molecule has 80 valence electrons. The van der Waals surface area contributed by atoms with Crippen molar-refractivity contribution < 1.29 is 0 Å². The number of aromatic amines is 1. The van der Waals surface area contributed by atoms with Crippen LogP contribution in [0.15, 0.2) is 42.9 Å². The Kier molecular flexibility index (Phi) is 2.83. The van der Waals surface area contributed by atoms with Gasteiger partial charge in [-0.05, 0) is 0 Å². The van der Waals surface area contributed by atoms with E-state index in [9.17, 15) is 0 Å². The molecule has 0 fully saturated rings. The number of aromatic nitrogens is 4. The van der Waals surface area contributed by atoms with Gasteiger partial charge in [0.1, 0.15) is 17.7 Å². The molecule has 0 saturated carbocycles. The number of rotatable bonds is 1. The first-order valence-corrected chi connectivity index (χ1v) is 4.64. The molecule has 0 aliphatic heterocycles. The molecule has 3 aromatic rings. The van der Waals surface area contributed by atoms with Crippen molar-refractivity contribution in [2.24, 2.45) is 0 Å². The van der Waals surface area contributed by atoms with Gasteiger partial charge in [0, 0.05) is 5.56 Å². The molecular weight excluding hydrogens is 224 g/mol. The maximum atomic E-state index is 4.38. The highest BCUT2D eigenvalue weighted by molar-refractivity contribution is 5.85. The van der Waals surface area contributed by atoms with Gasteiger partial charge in [-0.2, -0.15) is 0 Å². The number of nitrogens with zero attached hydrogens (tertiary/aromatic N) is 3. The molecule has 0 bridgehead atoms. The van der Waals surface area contributed by atoms with Gasteiger partial charge in [0.25, 0.3) is 0 Å².